The van der Waals surface area contributed by atoms with Crippen LogP contribution in [0.1, 0.15) is 19.4 Å². The molecule has 2 nitrogen and oxygen atoms in total. The summed E-state index contributed by atoms with van der Waals surface area (Å²) in [7, 11) is 0. The highest BCUT2D eigenvalue weighted by Gasteiger charge is 2.20. The summed E-state index contributed by atoms with van der Waals surface area (Å²) in [5.74, 6) is 0. The fraction of sp³-hybridized carbons (Fsp3) is 0.0400. The van der Waals surface area contributed by atoms with Gasteiger partial charge in [-0.15, -0.1) is 22.7 Å². The molecule has 0 atom stereocenters. The molecule has 0 spiro atoms. The average Bonchev–Trinajstić information content (AvgIpc) is 3.81. The van der Waals surface area contributed by atoms with Gasteiger partial charge in [0.1, 0.15) is 0 Å². The van der Waals surface area contributed by atoms with Crippen molar-refractivity contribution in [1.82, 2.24) is 0 Å². The van der Waals surface area contributed by atoms with Crippen molar-refractivity contribution in [2.45, 2.75) is 13.8 Å². The van der Waals surface area contributed by atoms with Crippen LogP contribution in [0.15, 0.2) is 207 Å². The van der Waals surface area contributed by atoms with E-state index < -0.39 is 0 Å². The normalized spacial score (nSPS) is 12.5. The molecule has 0 N–H and O–H groups in total. The highest BCUT2D eigenvalue weighted by Crippen LogP contribution is 2.45. The maximum Gasteiger partial charge on any atom is 0.0640 e. The van der Waals surface area contributed by atoms with Gasteiger partial charge in [-0.2, -0.15) is 0 Å². The predicted octanol–water partition coefficient (Wildman–Crippen LogP) is 15.5. The molecule has 0 fully saturated rings. The van der Waals surface area contributed by atoms with Gasteiger partial charge in [-0.3, -0.25) is 0 Å². The summed E-state index contributed by atoms with van der Waals surface area (Å²) in [6.07, 6.45) is 14.6. The van der Waals surface area contributed by atoms with Gasteiger partial charge in [-0.05, 0) is 91.7 Å². The maximum atomic E-state index is 4.53. The molecule has 4 heteroatoms. The molecule has 0 saturated heterocycles. The number of hydrogen-bond acceptors (Lipinski definition) is 4. The van der Waals surface area contributed by atoms with Crippen molar-refractivity contribution in [1.29, 1.82) is 0 Å². The molecule has 0 bridgehead atoms. The van der Waals surface area contributed by atoms with Crippen LogP contribution in [0.3, 0.4) is 0 Å². The van der Waals surface area contributed by atoms with Crippen molar-refractivity contribution in [3.05, 3.63) is 212 Å². The monoisotopic (exact) mass is 732 g/mol. The first-order valence-corrected chi connectivity index (χ1v) is 19.8. The van der Waals surface area contributed by atoms with Crippen molar-refractivity contribution in [3.63, 3.8) is 0 Å². The van der Waals surface area contributed by atoms with Crippen molar-refractivity contribution in [2.75, 3.05) is 9.80 Å². The summed E-state index contributed by atoms with van der Waals surface area (Å²) >= 11 is 3.67. The van der Waals surface area contributed by atoms with Crippen LogP contribution in [0.25, 0.3) is 45.9 Å². The average molecular weight is 733 g/mol. The third kappa shape index (κ3) is 6.51. The molecular weight excluding hydrogens is 693 g/mol. The topological polar surface area (TPSA) is 6.48 Å². The van der Waals surface area contributed by atoms with Gasteiger partial charge in [0.25, 0.3) is 0 Å². The minimum atomic E-state index is 0.931. The highest BCUT2D eigenvalue weighted by molar-refractivity contribution is 7.26. The maximum absolute atomic E-state index is 4.53. The first kappa shape index (κ1) is 34.9. The summed E-state index contributed by atoms with van der Waals surface area (Å²) in [6.45, 7) is 12.9. The zero-order chi connectivity index (χ0) is 37.0. The van der Waals surface area contributed by atoms with Gasteiger partial charge < -0.3 is 9.80 Å². The third-order valence-corrected chi connectivity index (χ3v) is 12.1. The number of allylic oxidation sites excluding steroid dienone is 8. The molecule has 0 amide bonds. The summed E-state index contributed by atoms with van der Waals surface area (Å²) in [4.78, 5) is 4.66. The summed E-state index contributed by atoms with van der Waals surface area (Å²) in [5, 5.41) is 5.10. The highest BCUT2D eigenvalue weighted by atomic mass is 32.1. The van der Waals surface area contributed by atoms with Gasteiger partial charge in [0.2, 0.25) is 0 Å². The molecule has 0 radical (unpaired) electrons. The smallest absolute Gasteiger partial charge is 0.0640 e. The van der Waals surface area contributed by atoms with E-state index in [4.69, 9.17) is 0 Å². The minimum absolute atomic E-state index is 0.931. The third-order valence-electron chi connectivity index (χ3n) is 9.70. The van der Waals surface area contributed by atoms with Crippen molar-refractivity contribution in [3.8, 4) is 0 Å². The number of nitrogens with zero attached hydrogens (tertiary/aromatic N) is 2. The largest absolute Gasteiger partial charge is 0.309 e. The molecule has 6 aromatic carbocycles. The first-order chi connectivity index (χ1) is 26.6. The Bertz CT molecular complexity index is 2770. The lowest BCUT2D eigenvalue weighted by Crippen LogP contribution is -2.15. The Balaban J connectivity index is 1.14. The van der Waals surface area contributed by atoms with E-state index in [2.05, 4.69) is 200 Å². The molecule has 0 saturated carbocycles. The molecule has 8 rings (SSSR count). The molecule has 0 aliphatic heterocycles. The molecule has 2 heterocycles. The summed E-state index contributed by atoms with van der Waals surface area (Å²) < 4.78 is 5.08. The van der Waals surface area contributed by atoms with E-state index >= 15 is 0 Å². The Kier molecular flexibility index (Phi) is 9.95. The van der Waals surface area contributed by atoms with E-state index in [1.165, 1.54) is 40.3 Å². The second-order valence-electron chi connectivity index (χ2n) is 13.0. The van der Waals surface area contributed by atoms with E-state index in [0.29, 0.717) is 0 Å². The zero-order valence-electron chi connectivity index (χ0n) is 30.4. The Labute approximate surface area is 325 Å². The van der Waals surface area contributed by atoms with Crippen molar-refractivity contribution >= 4 is 91.3 Å². The minimum Gasteiger partial charge on any atom is -0.309 e. The standard InChI is InChI=1S/C50H40N2S2/c1-5-8-18-37(6-2)51(45-25-16-23-43-41-21-12-14-27-47(41)53-49(43)45)40-33-30-36(31-34-40)35(4)29-32-38(7-3)52(39-19-10-9-11-20-39)46-26-17-24-44-42-22-13-15-28-48(42)54-50(44)46/h5-34H,2,4H2,1,3H3/b8-5-,32-29-,37-18+,38-7+. The quantitative estimate of drug-likeness (QED) is 0.122. The number of anilines is 4. The molecule has 54 heavy (non-hydrogen) atoms. The second kappa shape index (κ2) is 15.4. The number of benzene rings is 6. The van der Waals surface area contributed by atoms with Crippen molar-refractivity contribution in [2.24, 2.45) is 0 Å². The van der Waals surface area contributed by atoms with E-state index in [1.54, 1.807) is 0 Å². The van der Waals surface area contributed by atoms with Crippen LogP contribution in [0, 0.1) is 0 Å². The lowest BCUT2D eigenvalue weighted by atomic mass is 10.0. The van der Waals surface area contributed by atoms with Crippen LogP contribution in [0.2, 0.25) is 0 Å². The van der Waals surface area contributed by atoms with Gasteiger partial charge in [0, 0.05) is 53.7 Å². The predicted molar refractivity (Wildman–Crippen MR) is 241 cm³/mol. The summed E-state index contributed by atoms with van der Waals surface area (Å²) in [6, 6.07) is 49.8. The number of hydrogen-bond donors (Lipinski definition) is 0. The Morgan fingerprint density at radius 3 is 1.61 bits per heavy atom. The van der Waals surface area contributed by atoms with E-state index in [9.17, 15) is 0 Å². The fourth-order valence-corrected chi connectivity index (χ4v) is 9.50. The molecule has 8 aromatic rings. The van der Waals surface area contributed by atoms with Gasteiger partial charge in [-0.1, -0.05) is 128 Å². The van der Waals surface area contributed by atoms with Crippen LogP contribution >= 0.6 is 22.7 Å². The second-order valence-corrected chi connectivity index (χ2v) is 15.1. The summed E-state index contributed by atoms with van der Waals surface area (Å²) in [5.41, 5.74) is 8.49. The SMILES string of the molecule is C=C/C(=C\C=C/C)N(c1ccc(C(=C)/C=C\C(=C/C)N(c2ccccc2)c2cccc3c2sc2ccccc23)cc1)c1cccc2c1sc1ccccc12. The molecule has 0 unspecified atom stereocenters. The van der Waals surface area contributed by atoms with Crippen LogP contribution in [-0.2, 0) is 0 Å². The number of rotatable bonds is 11. The Morgan fingerprint density at radius 1 is 0.537 bits per heavy atom. The fourth-order valence-electron chi connectivity index (χ4n) is 7.08. The number of para-hydroxylation sites is 1. The Hall–Kier alpha value is -6.20. The van der Waals surface area contributed by atoms with Crippen LogP contribution in [0.4, 0.5) is 22.7 Å². The first-order valence-electron chi connectivity index (χ1n) is 18.1. The van der Waals surface area contributed by atoms with Crippen molar-refractivity contribution < 1.29 is 0 Å². The lowest BCUT2D eigenvalue weighted by Gasteiger charge is -2.27. The van der Waals surface area contributed by atoms with Gasteiger partial charge in [0.05, 0.1) is 20.8 Å². The molecule has 262 valence electrons. The Morgan fingerprint density at radius 2 is 1.06 bits per heavy atom. The molecule has 0 aliphatic carbocycles. The number of fused-ring (bicyclic) bond motifs is 6. The molecule has 2 aromatic heterocycles. The van der Waals surface area contributed by atoms with Crippen LogP contribution in [-0.4, -0.2) is 0 Å². The number of thiophene rings is 2. The van der Waals surface area contributed by atoms with Gasteiger partial charge in [0.15, 0.2) is 0 Å². The van der Waals surface area contributed by atoms with Crippen LogP contribution in [0.5, 0.6) is 0 Å². The van der Waals surface area contributed by atoms with Gasteiger partial charge >= 0.3 is 0 Å². The zero-order valence-corrected chi connectivity index (χ0v) is 32.1. The lowest BCUT2D eigenvalue weighted by molar-refractivity contribution is 1.21. The van der Waals surface area contributed by atoms with E-state index in [0.717, 1.165) is 45.3 Å². The molecular formula is C50H40N2S2. The van der Waals surface area contributed by atoms with E-state index in [1.807, 2.05) is 41.7 Å². The van der Waals surface area contributed by atoms with E-state index in [-0.39, 0.29) is 0 Å². The van der Waals surface area contributed by atoms with Crippen LogP contribution < -0.4 is 9.80 Å². The molecule has 0 aliphatic rings. The van der Waals surface area contributed by atoms with Gasteiger partial charge in [-0.25, -0.2) is 0 Å².